The molecule has 106 valence electrons. The second-order valence-electron chi connectivity index (χ2n) is 5.50. The summed E-state index contributed by atoms with van der Waals surface area (Å²) in [6, 6.07) is 2.03. The quantitative estimate of drug-likeness (QED) is 0.796. The number of nitrogens with zero attached hydrogens (tertiary/aromatic N) is 4. The summed E-state index contributed by atoms with van der Waals surface area (Å²) in [5, 5.41) is 0. The topological polar surface area (TPSA) is 32.3 Å². The molecule has 1 aliphatic heterocycles. The highest BCUT2D eigenvalue weighted by atomic mass is 79.9. The van der Waals surface area contributed by atoms with E-state index in [1.807, 2.05) is 6.07 Å². The Hall–Kier alpha value is -0.680. The minimum absolute atomic E-state index is 0.742. The van der Waals surface area contributed by atoms with E-state index in [1.165, 1.54) is 6.54 Å². The molecule has 0 saturated carbocycles. The van der Waals surface area contributed by atoms with E-state index in [2.05, 4.69) is 56.5 Å². The van der Waals surface area contributed by atoms with Crippen molar-refractivity contribution >= 4 is 21.7 Å². The summed E-state index contributed by atoms with van der Waals surface area (Å²) in [4.78, 5) is 13.9. The number of rotatable bonds is 4. The molecule has 0 amide bonds. The third-order valence-electron chi connectivity index (χ3n) is 3.36. The largest absolute Gasteiger partial charge is 0.354 e. The summed E-state index contributed by atoms with van der Waals surface area (Å²) in [6.45, 7) is 12.2. The van der Waals surface area contributed by atoms with Gasteiger partial charge in [0.25, 0.3) is 0 Å². The number of aryl methyl sites for hydroxylation is 1. The second kappa shape index (κ2) is 6.66. The van der Waals surface area contributed by atoms with Gasteiger partial charge in [0.1, 0.15) is 16.2 Å². The van der Waals surface area contributed by atoms with Crippen LogP contribution < -0.4 is 4.90 Å². The second-order valence-corrected chi connectivity index (χ2v) is 6.31. The van der Waals surface area contributed by atoms with Gasteiger partial charge in [-0.2, -0.15) is 0 Å². The molecule has 0 spiro atoms. The molecule has 0 aliphatic carbocycles. The standard InChI is InChI=1S/C14H23BrN4/c1-4-13-16-12(15)9-14(17-13)19-7-5-18(6-8-19)10-11(2)3/h9,11H,4-8,10H2,1-3H3. The summed E-state index contributed by atoms with van der Waals surface area (Å²) < 4.78 is 0.888. The summed E-state index contributed by atoms with van der Waals surface area (Å²) in [7, 11) is 0. The van der Waals surface area contributed by atoms with E-state index in [4.69, 9.17) is 0 Å². The van der Waals surface area contributed by atoms with Crippen LogP contribution in [-0.4, -0.2) is 47.6 Å². The maximum absolute atomic E-state index is 4.63. The molecule has 1 saturated heterocycles. The average Bonchev–Trinajstić information content (AvgIpc) is 2.38. The fourth-order valence-electron chi connectivity index (χ4n) is 2.45. The number of hydrogen-bond donors (Lipinski definition) is 0. The van der Waals surface area contributed by atoms with Crippen LogP contribution in [0.4, 0.5) is 5.82 Å². The summed E-state index contributed by atoms with van der Waals surface area (Å²) in [5.74, 6) is 2.71. The van der Waals surface area contributed by atoms with Gasteiger partial charge >= 0.3 is 0 Å². The van der Waals surface area contributed by atoms with Crippen LogP contribution in [0.15, 0.2) is 10.7 Å². The Kier molecular flexibility index (Phi) is 5.16. The summed E-state index contributed by atoms with van der Waals surface area (Å²) in [6.07, 6.45) is 0.875. The highest BCUT2D eigenvalue weighted by Gasteiger charge is 2.19. The lowest BCUT2D eigenvalue weighted by Gasteiger charge is -2.36. The molecular formula is C14H23BrN4. The Balaban J connectivity index is 1.99. The Labute approximate surface area is 124 Å². The zero-order valence-electron chi connectivity index (χ0n) is 12.1. The van der Waals surface area contributed by atoms with Gasteiger partial charge in [-0.05, 0) is 21.8 Å². The number of piperazine rings is 1. The van der Waals surface area contributed by atoms with Crippen molar-refractivity contribution in [2.45, 2.75) is 27.2 Å². The van der Waals surface area contributed by atoms with Gasteiger partial charge in [-0.1, -0.05) is 20.8 Å². The molecule has 1 aromatic heterocycles. The van der Waals surface area contributed by atoms with Crippen molar-refractivity contribution in [1.29, 1.82) is 0 Å². The van der Waals surface area contributed by atoms with E-state index in [1.54, 1.807) is 0 Å². The molecule has 1 fully saturated rings. The summed E-state index contributed by atoms with van der Waals surface area (Å²) in [5.41, 5.74) is 0. The van der Waals surface area contributed by atoms with Crippen LogP contribution in [0.2, 0.25) is 0 Å². The first-order valence-electron chi connectivity index (χ1n) is 7.09. The molecule has 0 bridgehead atoms. The molecule has 0 unspecified atom stereocenters. The minimum atomic E-state index is 0.742. The van der Waals surface area contributed by atoms with E-state index in [-0.39, 0.29) is 0 Å². The predicted octanol–water partition coefficient (Wildman–Crippen LogP) is 2.58. The molecule has 4 nitrogen and oxygen atoms in total. The lowest BCUT2D eigenvalue weighted by Crippen LogP contribution is -2.47. The first-order chi connectivity index (χ1) is 9.08. The van der Waals surface area contributed by atoms with Crippen LogP contribution in [0.1, 0.15) is 26.6 Å². The molecular weight excluding hydrogens is 304 g/mol. The third-order valence-corrected chi connectivity index (χ3v) is 3.77. The van der Waals surface area contributed by atoms with E-state index in [9.17, 15) is 0 Å². The first kappa shape index (κ1) is 14.7. The van der Waals surface area contributed by atoms with Crippen LogP contribution >= 0.6 is 15.9 Å². The highest BCUT2D eigenvalue weighted by molar-refractivity contribution is 9.10. The molecule has 0 aromatic carbocycles. The lowest BCUT2D eigenvalue weighted by atomic mass is 10.2. The van der Waals surface area contributed by atoms with Gasteiger partial charge in [-0.25, -0.2) is 9.97 Å². The summed E-state index contributed by atoms with van der Waals surface area (Å²) >= 11 is 3.48. The van der Waals surface area contributed by atoms with Crippen molar-refractivity contribution in [3.05, 3.63) is 16.5 Å². The van der Waals surface area contributed by atoms with E-state index < -0.39 is 0 Å². The van der Waals surface area contributed by atoms with E-state index in [0.29, 0.717) is 0 Å². The Morgan fingerprint density at radius 1 is 1.21 bits per heavy atom. The van der Waals surface area contributed by atoms with Gasteiger partial charge in [0.05, 0.1) is 0 Å². The maximum atomic E-state index is 4.63. The van der Waals surface area contributed by atoms with Gasteiger partial charge in [-0.3, -0.25) is 4.90 Å². The molecule has 5 heteroatoms. The van der Waals surface area contributed by atoms with Crippen molar-refractivity contribution in [3.63, 3.8) is 0 Å². The van der Waals surface area contributed by atoms with Crippen molar-refractivity contribution in [2.75, 3.05) is 37.6 Å². The molecule has 19 heavy (non-hydrogen) atoms. The molecule has 1 aliphatic rings. The molecule has 2 rings (SSSR count). The predicted molar refractivity (Wildman–Crippen MR) is 82.6 cm³/mol. The van der Waals surface area contributed by atoms with Crippen LogP contribution in [0.5, 0.6) is 0 Å². The van der Waals surface area contributed by atoms with Crippen LogP contribution in [0.25, 0.3) is 0 Å². The van der Waals surface area contributed by atoms with Crippen molar-refractivity contribution < 1.29 is 0 Å². The maximum Gasteiger partial charge on any atom is 0.133 e. The van der Waals surface area contributed by atoms with Crippen LogP contribution in [-0.2, 0) is 6.42 Å². The van der Waals surface area contributed by atoms with Crippen molar-refractivity contribution in [1.82, 2.24) is 14.9 Å². The van der Waals surface area contributed by atoms with Crippen molar-refractivity contribution in [3.8, 4) is 0 Å². The zero-order chi connectivity index (χ0) is 13.8. The normalized spacial score (nSPS) is 17.2. The van der Waals surface area contributed by atoms with Gasteiger partial charge in [0.2, 0.25) is 0 Å². The molecule has 2 heterocycles. The van der Waals surface area contributed by atoms with Gasteiger partial charge in [0.15, 0.2) is 0 Å². The Morgan fingerprint density at radius 3 is 2.47 bits per heavy atom. The number of hydrogen-bond acceptors (Lipinski definition) is 4. The van der Waals surface area contributed by atoms with E-state index in [0.717, 1.165) is 54.8 Å². The highest BCUT2D eigenvalue weighted by Crippen LogP contribution is 2.18. The van der Waals surface area contributed by atoms with Gasteiger partial charge in [0, 0.05) is 45.2 Å². The fraction of sp³-hybridized carbons (Fsp3) is 0.714. The Morgan fingerprint density at radius 2 is 1.89 bits per heavy atom. The number of anilines is 1. The van der Waals surface area contributed by atoms with Gasteiger partial charge < -0.3 is 4.90 Å². The molecule has 0 radical (unpaired) electrons. The monoisotopic (exact) mass is 326 g/mol. The van der Waals surface area contributed by atoms with Crippen molar-refractivity contribution in [2.24, 2.45) is 5.92 Å². The fourth-order valence-corrected chi connectivity index (χ4v) is 2.86. The number of halogens is 1. The first-order valence-corrected chi connectivity index (χ1v) is 7.88. The Bertz CT molecular complexity index is 414. The zero-order valence-corrected chi connectivity index (χ0v) is 13.7. The smallest absolute Gasteiger partial charge is 0.133 e. The van der Waals surface area contributed by atoms with E-state index >= 15 is 0 Å². The van der Waals surface area contributed by atoms with Crippen LogP contribution in [0.3, 0.4) is 0 Å². The molecule has 1 aromatic rings. The van der Waals surface area contributed by atoms with Gasteiger partial charge in [-0.15, -0.1) is 0 Å². The third kappa shape index (κ3) is 4.14. The molecule has 0 N–H and O–H groups in total. The minimum Gasteiger partial charge on any atom is -0.354 e. The lowest BCUT2D eigenvalue weighted by molar-refractivity contribution is 0.231. The molecule has 0 atom stereocenters. The SMILES string of the molecule is CCc1nc(Br)cc(N2CCN(CC(C)C)CC2)n1. The van der Waals surface area contributed by atoms with Crippen LogP contribution in [0, 0.1) is 5.92 Å². The number of aromatic nitrogens is 2. The average molecular weight is 327 g/mol.